The fourth-order valence-electron chi connectivity index (χ4n) is 0.261. The predicted octanol–water partition coefficient (Wildman–Crippen LogP) is 2.70. The molecule has 0 atom stereocenters. The molecular weight excluding hydrogens is 182 g/mol. The lowest BCUT2D eigenvalue weighted by atomic mass is 10.4. The Labute approximate surface area is 57.9 Å². The normalized spacial score (nSPS) is 13.8. The molecule has 0 spiro atoms. The Morgan fingerprint density at radius 1 is 1.10 bits per heavy atom. The summed E-state index contributed by atoms with van der Waals surface area (Å²) in [6.07, 6.45) is -11.7. The second kappa shape index (κ2) is 2.87. The Kier molecular flexibility index (Phi) is 2.85. The molecule has 0 saturated heterocycles. The van der Waals surface area contributed by atoms with Gasteiger partial charge in [0, 0.05) is 0 Å². The van der Waals surface area contributed by atoms with E-state index in [9.17, 15) is 22.0 Å². The lowest BCUT2D eigenvalue weighted by Crippen LogP contribution is -2.25. The van der Waals surface area contributed by atoms with Crippen LogP contribution in [0.4, 0.5) is 22.0 Å². The molecule has 10 heavy (non-hydrogen) atoms. The van der Waals surface area contributed by atoms with Gasteiger partial charge in [-0.15, -0.1) is 0 Å². The van der Waals surface area contributed by atoms with E-state index in [4.69, 9.17) is 0 Å². The van der Waals surface area contributed by atoms with E-state index >= 15 is 0 Å². The molecule has 0 aromatic carbocycles. The fourth-order valence-corrected chi connectivity index (χ4v) is 0.315. The van der Waals surface area contributed by atoms with E-state index in [-0.39, 0.29) is 0 Å². The van der Waals surface area contributed by atoms with Crippen molar-refractivity contribution in [3.63, 3.8) is 0 Å². The van der Waals surface area contributed by atoms with Crippen molar-refractivity contribution < 1.29 is 26.2 Å². The van der Waals surface area contributed by atoms with Gasteiger partial charge in [0.2, 0.25) is 0 Å². The molecule has 7 heteroatoms. The summed E-state index contributed by atoms with van der Waals surface area (Å²) in [5, 5.41) is 0. The molecule has 0 fully saturated rings. The van der Waals surface area contributed by atoms with Crippen LogP contribution in [0.1, 0.15) is 6.42 Å². The third-order valence-electron chi connectivity index (χ3n) is 0.519. The van der Waals surface area contributed by atoms with Crippen molar-refractivity contribution in [1.29, 1.82) is 0 Å². The molecule has 0 aromatic heterocycles. The summed E-state index contributed by atoms with van der Waals surface area (Å²) in [6.45, 7) is 0. The van der Waals surface area contributed by atoms with Crippen molar-refractivity contribution in [2.75, 3.05) is 0 Å². The molecule has 0 heterocycles. The fraction of sp³-hybridized carbons (Fsp3) is 1.00. The van der Waals surface area contributed by atoms with E-state index in [0.29, 0.717) is 0 Å². The van der Waals surface area contributed by atoms with Gasteiger partial charge >= 0.3 is 12.3 Å². The van der Waals surface area contributed by atoms with Crippen LogP contribution in [0, 0.1) is 0 Å². The van der Waals surface area contributed by atoms with Gasteiger partial charge in [0.25, 0.3) is 0 Å². The quantitative estimate of drug-likeness (QED) is 0.600. The topological polar surface area (TPSA) is 9.23 Å². The van der Waals surface area contributed by atoms with Crippen LogP contribution in [0.15, 0.2) is 0 Å². The Bertz CT molecular complexity index is 110. The average Bonchev–Trinajstić information content (AvgIpc) is 1.60. The van der Waals surface area contributed by atoms with Crippen LogP contribution in [0.3, 0.4) is 0 Å². The Balaban J connectivity index is 3.89. The Hall–Kier alpha value is -0.100. The maximum absolute atomic E-state index is 11.6. The molecule has 0 bridgehead atoms. The predicted molar refractivity (Wildman–Crippen MR) is 22.6 cm³/mol. The summed E-state index contributed by atoms with van der Waals surface area (Å²) in [5.41, 5.74) is 0. The molecule has 0 saturated carbocycles. The highest BCUT2D eigenvalue weighted by Gasteiger charge is 2.44. The summed E-state index contributed by atoms with van der Waals surface area (Å²) in [7, 11) is 0. The highest BCUT2D eigenvalue weighted by atomic mass is 35.5. The SMILES string of the molecule is FC(F)(F)CC(F)(F)OCl. The van der Waals surface area contributed by atoms with E-state index in [2.05, 4.69) is 16.2 Å². The van der Waals surface area contributed by atoms with Gasteiger partial charge in [0.05, 0.1) is 11.9 Å². The second-order valence-corrected chi connectivity index (χ2v) is 1.66. The number of hydrogen-bond donors (Lipinski definition) is 0. The van der Waals surface area contributed by atoms with Crippen LogP contribution in [-0.2, 0) is 4.29 Å². The molecule has 0 aromatic rings. The summed E-state index contributed by atoms with van der Waals surface area (Å²) in [4.78, 5) is 0. The van der Waals surface area contributed by atoms with Crippen molar-refractivity contribution in [1.82, 2.24) is 0 Å². The van der Waals surface area contributed by atoms with E-state index in [1.165, 1.54) is 0 Å². The molecule has 0 aliphatic heterocycles. The minimum Gasteiger partial charge on any atom is -0.208 e. The van der Waals surface area contributed by atoms with Crippen molar-refractivity contribution in [2.24, 2.45) is 0 Å². The van der Waals surface area contributed by atoms with E-state index in [0.717, 1.165) is 0 Å². The highest BCUT2D eigenvalue weighted by molar-refractivity contribution is 6.07. The first-order chi connectivity index (χ1) is 4.27. The molecule has 62 valence electrons. The summed E-state index contributed by atoms with van der Waals surface area (Å²) in [5.74, 6) is 0. The van der Waals surface area contributed by atoms with Gasteiger partial charge in [0.1, 0.15) is 6.42 Å². The van der Waals surface area contributed by atoms with Crippen molar-refractivity contribution in [3.05, 3.63) is 0 Å². The van der Waals surface area contributed by atoms with E-state index in [1.54, 1.807) is 0 Å². The van der Waals surface area contributed by atoms with Gasteiger partial charge < -0.3 is 0 Å². The number of alkyl halides is 5. The van der Waals surface area contributed by atoms with E-state index < -0.39 is 18.7 Å². The Morgan fingerprint density at radius 3 is 1.60 bits per heavy atom. The molecule has 0 aliphatic rings. The van der Waals surface area contributed by atoms with Gasteiger partial charge in [-0.2, -0.15) is 22.0 Å². The van der Waals surface area contributed by atoms with Crippen LogP contribution >= 0.6 is 11.9 Å². The molecule has 0 amide bonds. The van der Waals surface area contributed by atoms with Crippen LogP contribution in [0.25, 0.3) is 0 Å². The maximum Gasteiger partial charge on any atom is 0.397 e. The van der Waals surface area contributed by atoms with Crippen molar-refractivity contribution in [3.8, 4) is 0 Å². The summed E-state index contributed by atoms with van der Waals surface area (Å²) >= 11 is 4.05. The van der Waals surface area contributed by atoms with Gasteiger partial charge in [-0.1, -0.05) is 0 Å². The molecule has 0 unspecified atom stereocenters. The zero-order valence-electron chi connectivity index (χ0n) is 4.38. The minimum absolute atomic E-state index is 2.37. The zero-order chi connectivity index (χ0) is 8.41. The van der Waals surface area contributed by atoms with Gasteiger partial charge in [-0.3, -0.25) is 0 Å². The lowest BCUT2D eigenvalue weighted by molar-refractivity contribution is -0.253. The van der Waals surface area contributed by atoms with E-state index in [1.807, 2.05) is 0 Å². The Morgan fingerprint density at radius 2 is 1.50 bits per heavy atom. The molecule has 0 N–H and O–H groups in total. The van der Waals surface area contributed by atoms with Crippen LogP contribution < -0.4 is 0 Å². The van der Waals surface area contributed by atoms with Gasteiger partial charge in [-0.05, 0) is 0 Å². The number of halogens is 6. The lowest BCUT2D eigenvalue weighted by Gasteiger charge is -2.12. The third kappa shape index (κ3) is 4.75. The number of rotatable bonds is 2. The average molecular weight is 184 g/mol. The van der Waals surface area contributed by atoms with Gasteiger partial charge in [-0.25, -0.2) is 4.29 Å². The van der Waals surface area contributed by atoms with Crippen LogP contribution in [-0.4, -0.2) is 12.3 Å². The molecule has 0 rings (SSSR count). The number of hydrogen-bond acceptors (Lipinski definition) is 1. The van der Waals surface area contributed by atoms with Crippen molar-refractivity contribution >= 4 is 11.9 Å². The second-order valence-electron chi connectivity index (χ2n) is 1.51. The molecule has 0 radical (unpaired) electrons. The molecular formula is C3H2ClF5O. The monoisotopic (exact) mass is 184 g/mol. The summed E-state index contributed by atoms with van der Waals surface area (Å²) in [6, 6.07) is 0. The highest BCUT2D eigenvalue weighted by Crippen LogP contribution is 2.32. The van der Waals surface area contributed by atoms with Crippen LogP contribution in [0.5, 0.6) is 0 Å². The van der Waals surface area contributed by atoms with Crippen LogP contribution in [0.2, 0.25) is 0 Å². The first-order valence-electron chi connectivity index (χ1n) is 2.01. The minimum atomic E-state index is -4.97. The zero-order valence-corrected chi connectivity index (χ0v) is 5.14. The molecule has 1 nitrogen and oxygen atoms in total. The third-order valence-corrected chi connectivity index (χ3v) is 0.745. The van der Waals surface area contributed by atoms with Gasteiger partial charge in [0.15, 0.2) is 0 Å². The first-order valence-corrected chi connectivity index (χ1v) is 2.32. The maximum atomic E-state index is 11.6. The molecule has 0 aliphatic carbocycles. The largest absolute Gasteiger partial charge is 0.397 e. The smallest absolute Gasteiger partial charge is 0.208 e. The standard InChI is InChI=1S/C3H2ClF5O/c4-10-3(8,9)1-2(5,6)7/h1H2. The summed E-state index contributed by atoms with van der Waals surface area (Å²) < 4.78 is 59.2. The first kappa shape index (κ1) is 9.90. The van der Waals surface area contributed by atoms with Crippen molar-refractivity contribution in [2.45, 2.75) is 18.7 Å².